The Kier molecular flexibility index (Phi) is 3.44. The van der Waals surface area contributed by atoms with E-state index in [0.29, 0.717) is 11.3 Å². The molecule has 2 aromatic rings. The van der Waals surface area contributed by atoms with Crippen LogP contribution in [0.2, 0.25) is 0 Å². The number of rotatable bonds is 2. The number of nitrogens with zero attached hydrogens (tertiary/aromatic N) is 1. The first-order valence-corrected chi connectivity index (χ1v) is 5.40. The van der Waals surface area contributed by atoms with Gasteiger partial charge in [-0.1, -0.05) is 6.07 Å². The number of phenolic OH excluding ortho intramolecular Hbond substituents is 1. The maximum absolute atomic E-state index is 12.8. The van der Waals surface area contributed by atoms with E-state index in [2.05, 4.69) is 5.32 Å². The highest BCUT2D eigenvalue weighted by molar-refractivity contribution is 6.06. The third-order valence-electron chi connectivity index (χ3n) is 2.45. The van der Waals surface area contributed by atoms with Crippen LogP contribution in [0.25, 0.3) is 0 Å². The molecule has 0 aliphatic carbocycles. The number of nitrogens with one attached hydrogen (secondary N) is 1. The van der Waals surface area contributed by atoms with Crippen molar-refractivity contribution in [2.45, 2.75) is 0 Å². The smallest absolute Gasteiger partial charge is 0.259 e. The maximum atomic E-state index is 12.8. The Hall–Kier alpha value is -2.87. The molecule has 0 unspecified atom stereocenters. The second-order valence-electron chi connectivity index (χ2n) is 3.81. The molecule has 19 heavy (non-hydrogen) atoms. The summed E-state index contributed by atoms with van der Waals surface area (Å²) in [5, 5.41) is 20.8. The summed E-state index contributed by atoms with van der Waals surface area (Å²) < 4.78 is 12.8. The summed E-state index contributed by atoms with van der Waals surface area (Å²) in [4.78, 5) is 11.9. The highest BCUT2D eigenvalue weighted by atomic mass is 19.1. The van der Waals surface area contributed by atoms with Gasteiger partial charge in [-0.05, 0) is 30.3 Å². The number of nitriles is 1. The molecule has 1 amide bonds. The molecule has 0 aliphatic heterocycles. The first-order chi connectivity index (χ1) is 9.10. The van der Waals surface area contributed by atoms with E-state index in [1.165, 1.54) is 12.1 Å². The van der Waals surface area contributed by atoms with E-state index in [1.54, 1.807) is 18.2 Å². The molecule has 0 atom stereocenters. The van der Waals surface area contributed by atoms with Gasteiger partial charge in [-0.15, -0.1) is 0 Å². The SMILES string of the molecule is N#Cc1cccc(NC(=O)c2ccc(F)cc2O)c1. The van der Waals surface area contributed by atoms with Crippen LogP contribution in [0.5, 0.6) is 5.75 Å². The zero-order chi connectivity index (χ0) is 13.8. The van der Waals surface area contributed by atoms with Gasteiger partial charge < -0.3 is 10.4 Å². The van der Waals surface area contributed by atoms with E-state index < -0.39 is 17.5 Å². The van der Waals surface area contributed by atoms with Gasteiger partial charge in [0.25, 0.3) is 5.91 Å². The van der Waals surface area contributed by atoms with Gasteiger partial charge in [0.05, 0.1) is 17.2 Å². The number of hydrogen-bond acceptors (Lipinski definition) is 3. The Morgan fingerprint density at radius 1 is 1.26 bits per heavy atom. The summed E-state index contributed by atoms with van der Waals surface area (Å²) in [5.41, 5.74) is 0.790. The highest BCUT2D eigenvalue weighted by Gasteiger charge is 2.12. The lowest BCUT2D eigenvalue weighted by atomic mass is 10.1. The van der Waals surface area contributed by atoms with Gasteiger partial charge in [0, 0.05) is 11.8 Å². The number of benzene rings is 2. The number of carbonyl (C=O) groups is 1. The van der Waals surface area contributed by atoms with Crippen molar-refractivity contribution in [1.29, 1.82) is 5.26 Å². The van der Waals surface area contributed by atoms with Gasteiger partial charge in [-0.2, -0.15) is 5.26 Å². The molecular formula is C14H9FN2O2. The van der Waals surface area contributed by atoms with Crippen LogP contribution in [-0.2, 0) is 0 Å². The highest BCUT2D eigenvalue weighted by Crippen LogP contribution is 2.20. The summed E-state index contributed by atoms with van der Waals surface area (Å²) in [6, 6.07) is 11.4. The molecule has 0 saturated heterocycles. The van der Waals surface area contributed by atoms with Crippen molar-refractivity contribution < 1.29 is 14.3 Å². The van der Waals surface area contributed by atoms with Crippen LogP contribution in [0, 0.1) is 17.1 Å². The zero-order valence-corrected chi connectivity index (χ0v) is 9.72. The molecule has 4 nitrogen and oxygen atoms in total. The average Bonchev–Trinajstić information content (AvgIpc) is 2.38. The van der Waals surface area contributed by atoms with Gasteiger partial charge in [0.1, 0.15) is 11.6 Å². The minimum atomic E-state index is -0.625. The molecule has 0 bridgehead atoms. The molecule has 0 heterocycles. The Morgan fingerprint density at radius 3 is 2.74 bits per heavy atom. The van der Waals surface area contributed by atoms with Crippen LogP contribution in [0.15, 0.2) is 42.5 Å². The Morgan fingerprint density at radius 2 is 2.05 bits per heavy atom. The molecule has 0 aromatic heterocycles. The molecule has 0 radical (unpaired) electrons. The molecule has 94 valence electrons. The van der Waals surface area contributed by atoms with Gasteiger partial charge in [-0.3, -0.25) is 4.79 Å². The van der Waals surface area contributed by atoms with Crippen LogP contribution >= 0.6 is 0 Å². The Balaban J connectivity index is 2.23. The van der Waals surface area contributed by atoms with Crippen LogP contribution in [-0.4, -0.2) is 11.0 Å². The summed E-state index contributed by atoms with van der Waals surface area (Å²) in [6.07, 6.45) is 0. The van der Waals surface area contributed by atoms with Gasteiger partial charge >= 0.3 is 0 Å². The van der Waals surface area contributed by atoms with E-state index in [-0.39, 0.29) is 5.56 Å². The van der Waals surface area contributed by atoms with E-state index in [9.17, 15) is 14.3 Å². The molecule has 0 aliphatic rings. The number of aromatic hydroxyl groups is 1. The van der Waals surface area contributed by atoms with Crippen molar-refractivity contribution in [1.82, 2.24) is 0 Å². The largest absolute Gasteiger partial charge is 0.507 e. The summed E-state index contributed by atoms with van der Waals surface area (Å²) in [7, 11) is 0. The van der Waals surface area contributed by atoms with E-state index in [4.69, 9.17) is 5.26 Å². The topological polar surface area (TPSA) is 73.1 Å². The third-order valence-corrected chi connectivity index (χ3v) is 2.45. The lowest BCUT2D eigenvalue weighted by molar-refractivity contribution is 0.102. The standard InChI is InChI=1S/C14H9FN2O2/c15-10-4-5-12(13(18)7-10)14(19)17-11-3-1-2-9(6-11)8-16/h1-7,18H,(H,17,19). The lowest BCUT2D eigenvalue weighted by Gasteiger charge is -2.07. The van der Waals surface area contributed by atoms with Crippen molar-refractivity contribution >= 4 is 11.6 Å². The fourth-order valence-electron chi connectivity index (χ4n) is 1.56. The van der Waals surface area contributed by atoms with Crippen LogP contribution in [0.4, 0.5) is 10.1 Å². The van der Waals surface area contributed by atoms with Crippen molar-refractivity contribution in [3.63, 3.8) is 0 Å². The molecule has 2 aromatic carbocycles. The second-order valence-corrected chi connectivity index (χ2v) is 3.81. The minimum Gasteiger partial charge on any atom is -0.507 e. The van der Waals surface area contributed by atoms with Gasteiger partial charge in [0.15, 0.2) is 0 Å². The van der Waals surface area contributed by atoms with Gasteiger partial charge in [-0.25, -0.2) is 4.39 Å². The van der Waals surface area contributed by atoms with E-state index in [0.717, 1.165) is 12.1 Å². The molecular weight excluding hydrogens is 247 g/mol. The number of carbonyl (C=O) groups excluding carboxylic acids is 1. The number of anilines is 1. The zero-order valence-electron chi connectivity index (χ0n) is 9.72. The summed E-state index contributed by atoms with van der Waals surface area (Å²) in [6.45, 7) is 0. The average molecular weight is 256 g/mol. The predicted molar refractivity (Wildman–Crippen MR) is 67.2 cm³/mol. The predicted octanol–water partition coefficient (Wildman–Crippen LogP) is 2.66. The minimum absolute atomic E-state index is 0.0382. The summed E-state index contributed by atoms with van der Waals surface area (Å²) in [5.74, 6) is -1.64. The van der Waals surface area contributed by atoms with Gasteiger partial charge in [0.2, 0.25) is 0 Å². The van der Waals surface area contributed by atoms with E-state index in [1.807, 2.05) is 6.07 Å². The lowest BCUT2D eigenvalue weighted by Crippen LogP contribution is -2.12. The van der Waals surface area contributed by atoms with Crippen molar-refractivity contribution in [2.24, 2.45) is 0 Å². The first-order valence-electron chi connectivity index (χ1n) is 5.40. The molecule has 0 spiro atoms. The molecule has 5 heteroatoms. The quantitative estimate of drug-likeness (QED) is 0.867. The van der Waals surface area contributed by atoms with Crippen molar-refractivity contribution in [3.05, 3.63) is 59.4 Å². The van der Waals surface area contributed by atoms with Crippen LogP contribution in [0.3, 0.4) is 0 Å². The second kappa shape index (κ2) is 5.19. The molecule has 0 saturated carbocycles. The van der Waals surface area contributed by atoms with Crippen molar-refractivity contribution in [3.8, 4) is 11.8 Å². The number of hydrogen-bond donors (Lipinski definition) is 2. The summed E-state index contributed by atoms with van der Waals surface area (Å²) >= 11 is 0. The normalized spacial score (nSPS) is 9.68. The van der Waals surface area contributed by atoms with E-state index >= 15 is 0 Å². The Labute approximate surface area is 108 Å². The third kappa shape index (κ3) is 2.87. The fourth-order valence-corrected chi connectivity index (χ4v) is 1.56. The molecule has 0 fully saturated rings. The molecule has 2 N–H and O–H groups in total. The molecule has 2 rings (SSSR count). The fraction of sp³-hybridized carbons (Fsp3) is 0. The van der Waals surface area contributed by atoms with Crippen LogP contribution in [0.1, 0.15) is 15.9 Å². The first kappa shape index (κ1) is 12.6. The maximum Gasteiger partial charge on any atom is 0.259 e. The van der Waals surface area contributed by atoms with Crippen LogP contribution < -0.4 is 5.32 Å². The number of phenols is 1. The monoisotopic (exact) mass is 256 g/mol. The Bertz CT molecular complexity index is 677. The number of halogens is 1. The number of amides is 1. The van der Waals surface area contributed by atoms with Crippen molar-refractivity contribution in [2.75, 3.05) is 5.32 Å².